The number of hydrogen-bond donors (Lipinski definition) is 0. The summed E-state index contributed by atoms with van der Waals surface area (Å²) in [7, 11) is 0. The first kappa shape index (κ1) is 17.8. The van der Waals surface area contributed by atoms with E-state index in [-0.39, 0.29) is 23.2 Å². The maximum Gasteiger partial charge on any atom is 0.454 e. The predicted octanol–water partition coefficient (Wildman–Crippen LogP) is 6.05. The molecule has 2 aromatic carbocycles. The van der Waals surface area contributed by atoms with Crippen LogP contribution in [-0.2, 0) is 6.54 Å². The number of fused-ring (bicyclic) bond motifs is 1. The lowest BCUT2D eigenvalue weighted by atomic mass is 10.1. The largest absolute Gasteiger partial charge is 0.454 e. The van der Waals surface area contributed by atoms with Crippen molar-refractivity contribution in [2.24, 2.45) is 0 Å². The highest BCUT2D eigenvalue weighted by atomic mass is 35.5. The molecule has 7 heteroatoms. The number of hydrogen-bond acceptors (Lipinski definition) is 1. The van der Waals surface area contributed by atoms with Crippen LogP contribution in [0.15, 0.2) is 42.5 Å². The maximum atomic E-state index is 13.0. The number of carbonyl (C=O) groups excluding carboxylic acids is 1. The molecule has 0 bridgehead atoms. The molecule has 0 N–H and O–H groups in total. The molecule has 0 saturated carbocycles. The minimum absolute atomic E-state index is 0.259. The normalized spacial score (nSPS) is 11.9. The number of carbonyl (C=O) groups is 1. The minimum Gasteiger partial charge on any atom is -0.340 e. The number of aromatic nitrogens is 1. The first-order valence-electron chi connectivity index (χ1n) is 7.33. The highest BCUT2D eigenvalue weighted by Crippen LogP contribution is 2.32. The SMILES string of the molecule is Cc1c(C(=O)C(F)(F)F)c2ccccc2n1Cc1ccc(Cl)c(Cl)c1. The topological polar surface area (TPSA) is 22.0 Å². The Hall–Kier alpha value is -1.98. The molecule has 0 unspecified atom stereocenters. The van der Waals surface area contributed by atoms with Crippen molar-refractivity contribution in [3.8, 4) is 0 Å². The fraction of sp³-hybridized carbons (Fsp3) is 0.167. The van der Waals surface area contributed by atoms with Crippen LogP contribution in [0.5, 0.6) is 0 Å². The van der Waals surface area contributed by atoms with E-state index in [4.69, 9.17) is 23.2 Å². The third-order valence-electron chi connectivity index (χ3n) is 4.04. The van der Waals surface area contributed by atoms with Crippen LogP contribution < -0.4 is 0 Å². The number of alkyl halides is 3. The Morgan fingerprint density at radius 2 is 1.76 bits per heavy atom. The summed E-state index contributed by atoms with van der Waals surface area (Å²) in [5.41, 5.74) is 1.26. The van der Waals surface area contributed by atoms with Crippen LogP contribution in [0.2, 0.25) is 10.0 Å². The van der Waals surface area contributed by atoms with E-state index in [0.29, 0.717) is 15.6 Å². The van der Waals surface area contributed by atoms with Crippen LogP contribution in [0, 0.1) is 6.92 Å². The first-order chi connectivity index (χ1) is 11.7. The molecule has 3 rings (SSSR count). The van der Waals surface area contributed by atoms with E-state index in [1.54, 1.807) is 41.0 Å². The van der Waals surface area contributed by atoms with Crippen molar-refractivity contribution in [2.45, 2.75) is 19.6 Å². The second-order valence-electron chi connectivity index (χ2n) is 5.64. The summed E-state index contributed by atoms with van der Waals surface area (Å²) in [4.78, 5) is 11.9. The molecule has 0 aliphatic rings. The number of rotatable bonds is 3. The Morgan fingerprint density at radius 3 is 2.40 bits per heavy atom. The molecule has 0 aliphatic carbocycles. The standard InChI is InChI=1S/C18H12Cl2F3NO/c1-10-16(17(25)18(21,22)23)12-4-2-3-5-15(12)24(10)9-11-6-7-13(19)14(20)8-11/h2-8H,9H2,1H3. The van der Waals surface area contributed by atoms with Crippen LogP contribution >= 0.6 is 23.2 Å². The number of benzene rings is 2. The molecular formula is C18H12Cl2F3NO. The third kappa shape index (κ3) is 3.26. The van der Waals surface area contributed by atoms with E-state index in [0.717, 1.165) is 5.56 Å². The molecule has 25 heavy (non-hydrogen) atoms. The Kier molecular flexibility index (Phi) is 4.56. The molecule has 130 valence electrons. The molecule has 0 saturated heterocycles. The molecular weight excluding hydrogens is 374 g/mol. The van der Waals surface area contributed by atoms with Crippen LogP contribution in [-0.4, -0.2) is 16.5 Å². The van der Waals surface area contributed by atoms with Gasteiger partial charge in [0.05, 0.1) is 15.6 Å². The van der Waals surface area contributed by atoms with Gasteiger partial charge in [0.1, 0.15) is 0 Å². The van der Waals surface area contributed by atoms with Crippen molar-refractivity contribution in [1.29, 1.82) is 0 Å². The lowest BCUT2D eigenvalue weighted by Gasteiger charge is -2.10. The zero-order chi connectivity index (χ0) is 18.4. The smallest absolute Gasteiger partial charge is 0.340 e. The van der Waals surface area contributed by atoms with Crippen LogP contribution in [0.1, 0.15) is 21.6 Å². The number of halogens is 5. The maximum absolute atomic E-state index is 13.0. The fourth-order valence-corrected chi connectivity index (χ4v) is 3.20. The van der Waals surface area contributed by atoms with Crippen molar-refractivity contribution in [3.63, 3.8) is 0 Å². The van der Waals surface area contributed by atoms with Gasteiger partial charge < -0.3 is 4.57 Å². The zero-order valence-electron chi connectivity index (χ0n) is 13.0. The zero-order valence-corrected chi connectivity index (χ0v) is 14.5. The van der Waals surface area contributed by atoms with E-state index >= 15 is 0 Å². The van der Waals surface area contributed by atoms with Gasteiger partial charge in [-0.25, -0.2) is 0 Å². The minimum atomic E-state index is -4.93. The quantitative estimate of drug-likeness (QED) is 0.503. The van der Waals surface area contributed by atoms with Gasteiger partial charge in [-0.3, -0.25) is 4.79 Å². The van der Waals surface area contributed by atoms with Crippen molar-refractivity contribution >= 4 is 39.9 Å². The molecule has 2 nitrogen and oxygen atoms in total. The molecule has 0 atom stereocenters. The molecule has 1 aromatic heterocycles. The molecule has 0 spiro atoms. The fourth-order valence-electron chi connectivity index (χ4n) is 2.88. The van der Waals surface area contributed by atoms with Gasteiger partial charge in [-0.1, -0.05) is 47.5 Å². The molecule has 0 fully saturated rings. The van der Waals surface area contributed by atoms with E-state index in [2.05, 4.69) is 0 Å². The van der Waals surface area contributed by atoms with E-state index in [1.807, 2.05) is 0 Å². The highest BCUT2D eigenvalue weighted by molar-refractivity contribution is 6.42. The molecule has 1 heterocycles. The second-order valence-corrected chi connectivity index (χ2v) is 6.45. The van der Waals surface area contributed by atoms with E-state index in [9.17, 15) is 18.0 Å². The summed E-state index contributed by atoms with van der Waals surface area (Å²) in [5.74, 6) is -1.84. The summed E-state index contributed by atoms with van der Waals surface area (Å²) >= 11 is 11.9. The number of Topliss-reactive ketones (excluding diaryl/α,β-unsaturated/α-hetero) is 1. The first-order valence-corrected chi connectivity index (χ1v) is 8.09. The lowest BCUT2D eigenvalue weighted by molar-refractivity contribution is -0.0884. The van der Waals surface area contributed by atoms with Gasteiger partial charge in [-0.2, -0.15) is 13.2 Å². The lowest BCUT2D eigenvalue weighted by Crippen LogP contribution is -2.23. The Bertz CT molecular complexity index is 976. The van der Waals surface area contributed by atoms with Crippen LogP contribution in [0.4, 0.5) is 13.2 Å². The van der Waals surface area contributed by atoms with Gasteiger partial charge in [0.2, 0.25) is 0 Å². The predicted molar refractivity (Wildman–Crippen MR) is 92.6 cm³/mol. The van der Waals surface area contributed by atoms with Gasteiger partial charge in [-0.15, -0.1) is 0 Å². The van der Waals surface area contributed by atoms with E-state index in [1.165, 1.54) is 13.0 Å². The number of ketones is 1. The molecule has 3 aromatic rings. The third-order valence-corrected chi connectivity index (χ3v) is 4.78. The Balaban J connectivity index is 2.17. The summed E-state index contributed by atoms with van der Waals surface area (Å²) in [6.45, 7) is 1.78. The van der Waals surface area contributed by atoms with Crippen LogP contribution in [0.3, 0.4) is 0 Å². The molecule has 0 amide bonds. The summed E-state index contributed by atoms with van der Waals surface area (Å²) < 4.78 is 40.6. The number of para-hydroxylation sites is 1. The monoisotopic (exact) mass is 385 g/mol. The van der Waals surface area contributed by atoms with E-state index < -0.39 is 12.0 Å². The summed E-state index contributed by atoms with van der Waals surface area (Å²) in [6, 6.07) is 11.6. The van der Waals surface area contributed by atoms with Gasteiger partial charge in [0, 0.05) is 23.1 Å². The van der Waals surface area contributed by atoms with Crippen molar-refractivity contribution in [1.82, 2.24) is 4.57 Å². The second kappa shape index (κ2) is 6.39. The average Bonchev–Trinajstić information content (AvgIpc) is 2.82. The van der Waals surface area contributed by atoms with Crippen molar-refractivity contribution in [2.75, 3.05) is 0 Å². The summed E-state index contributed by atoms with van der Waals surface area (Å²) in [6.07, 6.45) is -4.93. The number of nitrogens with zero attached hydrogens (tertiary/aromatic N) is 1. The van der Waals surface area contributed by atoms with Gasteiger partial charge >= 0.3 is 6.18 Å². The highest BCUT2D eigenvalue weighted by Gasteiger charge is 2.42. The van der Waals surface area contributed by atoms with Gasteiger partial charge in [0.15, 0.2) is 0 Å². The molecule has 0 radical (unpaired) electrons. The molecule has 0 aliphatic heterocycles. The van der Waals surface area contributed by atoms with Crippen LogP contribution in [0.25, 0.3) is 10.9 Å². The van der Waals surface area contributed by atoms with Crippen molar-refractivity contribution in [3.05, 3.63) is 69.3 Å². The Morgan fingerprint density at radius 1 is 1.08 bits per heavy atom. The van der Waals surface area contributed by atoms with Crippen molar-refractivity contribution < 1.29 is 18.0 Å². The average molecular weight is 386 g/mol. The Labute approximate surface area is 151 Å². The summed E-state index contributed by atoms with van der Waals surface area (Å²) in [5, 5.41) is 1.04. The van der Waals surface area contributed by atoms with Gasteiger partial charge in [0.25, 0.3) is 5.78 Å². The van der Waals surface area contributed by atoms with Gasteiger partial charge in [-0.05, 0) is 30.7 Å².